The molecule has 0 aromatic heterocycles. The van der Waals surface area contributed by atoms with Crippen LogP contribution in [0.15, 0.2) is 12.1 Å². The highest BCUT2D eigenvalue weighted by Gasteiger charge is 2.38. The van der Waals surface area contributed by atoms with Gasteiger partial charge in [0, 0.05) is 5.75 Å². The van der Waals surface area contributed by atoms with E-state index in [4.69, 9.17) is 25.0 Å². The minimum absolute atomic E-state index is 0.104. The summed E-state index contributed by atoms with van der Waals surface area (Å²) in [6.45, 7) is 0.667. The van der Waals surface area contributed by atoms with E-state index in [2.05, 4.69) is 12.6 Å². The van der Waals surface area contributed by atoms with Crippen LogP contribution in [0, 0.1) is 0 Å². The van der Waals surface area contributed by atoms with E-state index in [-0.39, 0.29) is 34.8 Å². The Labute approximate surface area is 185 Å². The van der Waals surface area contributed by atoms with Gasteiger partial charge in [-0.25, -0.2) is 9.59 Å². The van der Waals surface area contributed by atoms with Crippen molar-refractivity contribution in [3.63, 3.8) is 0 Å². The molecule has 1 saturated heterocycles. The number of benzene rings is 1. The van der Waals surface area contributed by atoms with E-state index in [1.807, 2.05) is 0 Å². The van der Waals surface area contributed by atoms with Crippen molar-refractivity contribution in [2.24, 2.45) is 5.73 Å². The zero-order valence-corrected chi connectivity index (χ0v) is 17.3. The number of hydrogen-bond donors (Lipinski definition) is 5. The summed E-state index contributed by atoms with van der Waals surface area (Å²) >= 11 is 4.00. The molecule has 15 heteroatoms. The largest absolute Gasteiger partial charge is 0.535 e. The maximum absolute atomic E-state index is 11.9. The Balaban J connectivity index is 0.000000451. The molecule has 3 rings (SSSR count). The third-order valence-electron chi connectivity index (χ3n) is 4.54. The highest BCUT2D eigenvalue weighted by molar-refractivity contribution is 7.80. The number of nitrogens with zero attached hydrogens (tertiary/aromatic N) is 1. The topological polar surface area (TPSA) is 160 Å². The maximum Gasteiger partial charge on any atom is 0.522 e. The molecule has 1 aromatic carbocycles. The summed E-state index contributed by atoms with van der Waals surface area (Å²) in [5, 5.41) is 26.3. The number of carbonyl (C=O) groups excluding carboxylic acids is 1. The lowest BCUT2D eigenvalue weighted by molar-refractivity contribution is -0.192. The number of carbonyl (C=O) groups is 3. The second-order valence-corrected chi connectivity index (χ2v) is 7.28. The molecule has 2 aliphatic heterocycles. The number of alkyl halides is 3. The van der Waals surface area contributed by atoms with Gasteiger partial charge in [0.15, 0.2) is 0 Å². The van der Waals surface area contributed by atoms with Crippen molar-refractivity contribution in [1.29, 1.82) is 0 Å². The van der Waals surface area contributed by atoms with E-state index in [0.717, 1.165) is 5.56 Å². The predicted molar refractivity (Wildman–Crippen MR) is 107 cm³/mol. The van der Waals surface area contributed by atoms with E-state index in [9.17, 15) is 32.9 Å². The number of halogens is 3. The summed E-state index contributed by atoms with van der Waals surface area (Å²) in [6.07, 6.45) is -4.46. The lowest BCUT2D eigenvalue weighted by Gasteiger charge is -2.40. The van der Waals surface area contributed by atoms with Crippen LogP contribution in [0.1, 0.15) is 15.9 Å². The van der Waals surface area contributed by atoms with Gasteiger partial charge in [0.2, 0.25) is 5.91 Å². The van der Waals surface area contributed by atoms with Crippen molar-refractivity contribution < 1.29 is 52.2 Å². The summed E-state index contributed by atoms with van der Waals surface area (Å²) in [4.78, 5) is 34.0. The minimum atomic E-state index is -5.08. The maximum atomic E-state index is 11.9. The number of aryl methyl sites for hydroxylation is 1. The first kappa shape index (κ1) is 25.6. The molecule has 0 spiro atoms. The molecule has 0 saturated carbocycles. The number of amides is 1. The molecule has 1 unspecified atom stereocenters. The van der Waals surface area contributed by atoms with E-state index in [1.54, 1.807) is 17.0 Å². The quantitative estimate of drug-likeness (QED) is 0.295. The van der Waals surface area contributed by atoms with Gasteiger partial charge in [-0.2, -0.15) is 25.8 Å². The molecule has 32 heavy (non-hydrogen) atoms. The van der Waals surface area contributed by atoms with Gasteiger partial charge in [-0.3, -0.25) is 4.79 Å². The van der Waals surface area contributed by atoms with Crippen LogP contribution in [0.5, 0.6) is 11.5 Å². The first-order valence-electron chi connectivity index (χ1n) is 9.21. The fraction of sp³-hybridized carbons (Fsp3) is 0.471. The van der Waals surface area contributed by atoms with E-state index >= 15 is 0 Å². The summed E-state index contributed by atoms with van der Waals surface area (Å²) in [7, 11) is -1.03. The van der Waals surface area contributed by atoms with Crippen molar-refractivity contribution >= 4 is 37.6 Å². The number of fused-ring (bicyclic) bond motifs is 1. The van der Waals surface area contributed by atoms with Crippen LogP contribution in [-0.4, -0.2) is 82.3 Å². The molecule has 0 bridgehead atoms. The van der Waals surface area contributed by atoms with Crippen molar-refractivity contribution in [2.75, 3.05) is 18.8 Å². The van der Waals surface area contributed by atoms with Gasteiger partial charge in [-0.05, 0) is 24.4 Å². The molecule has 2 aliphatic rings. The summed E-state index contributed by atoms with van der Waals surface area (Å²) in [5.41, 5.74) is 6.27. The highest BCUT2D eigenvalue weighted by atomic mass is 32.1. The third-order valence-corrected chi connectivity index (χ3v) is 4.93. The van der Waals surface area contributed by atoms with Crippen molar-refractivity contribution in [1.82, 2.24) is 4.90 Å². The molecule has 0 radical (unpaired) electrons. The van der Waals surface area contributed by atoms with E-state index in [1.165, 1.54) is 0 Å². The number of carboxylic acids is 2. The van der Waals surface area contributed by atoms with Gasteiger partial charge in [-0.15, -0.1) is 0 Å². The van der Waals surface area contributed by atoms with Crippen LogP contribution >= 0.6 is 12.6 Å². The first-order chi connectivity index (χ1) is 14.8. The van der Waals surface area contributed by atoms with Crippen LogP contribution in [-0.2, 0) is 16.0 Å². The zero-order valence-electron chi connectivity index (χ0n) is 16.4. The number of carboxylic acid groups (broad SMARTS) is 2. The number of nitrogens with two attached hydrogens (primary N) is 1. The van der Waals surface area contributed by atoms with Crippen molar-refractivity contribution in [2.45, 2.75) is 31.1 Å². The van der Waals surface area contributed by atoms with Gasteiger partial charge in [0.05, 0.1) is 19.1 Å². The highest BCUT2D eigenvalue weighted by Crippen LogP contribution is 2.37. The second-order valence-electron chi connectivity index (χ2n) is 6.92. The summed E-state index contributed by atoms with van der Waals surface area (Å²) in [5.74, 6) is -3.58. The van der Waals surface area contributed by atoms with Crippen molar-refractivity contribution in [3.05, 3.63) is 23.3 Å². The molecule has 2 heterocycles. The average Bonchev–Trinajstić information content (AvgIpc) is 2.68. The van der Waals surface area contributed by atoms with Gasteiger partial charge in [-0.1, -0.05) is 6.07 Å². The molecular formula is C17H20BF3N2O8S. The fourth-order valence-corrected chi connectivity index (χ4v) is 3.05. The van der Waals surface area contributed by atoms with E-state index < -0.39 is 31.3 Å². The van der Waals surface area contributed by atoms with Crippen LogP contribution in [0.2, 0.25) is 6.32 Å². The number of thiol groups is 1. The fourth-order valence-electron chi connectivity index (χ4n) is 2.90. The average molecular weight is 480 g/mol. The Morgan fingerprint density at radius 1 is 1.31 bits per heavy atom. The second kappa shape index (κ2) is 10.3. The molecule has 1 fully saturated rings. The number of aliphatic carboxylic acids is 1. The zero-order chi connectivity index (χ0) is 24.2. The van der Waals surface area contributed by atoms with Gasteiger partial charge in [0.1, 0.15) is 23.2 Å². The lowest BCUT2D eigenvalue weighted by Crippen LogP contribution is -2.60. The number of likely N-dealkylation sites (tertiary alicyclic amines) is 1. The molecule has 0 aliphatic carbocycles. The predicted octanol–water partition coefficient (Wildman–Crippen LogP) is 0.280. The lowest BCUT2D eigenvalue weighted by atomic mass is 9.78. The summed E-state index contributed by atoms with van der Waals surface area (Å²) in [6, 6.07) is 2.67. The Hall–Kier alpha value is -2.65. The minimum Gasteiger partial charge on any atom is -0.535 e. The van der Waals surface area contributed by atoms with Crippen LogP contribution in [0.25, 0.3) is 0 Å². The van der Waals surface area contributed by atoms with Gasteiger partial charge < -0.3 is 35.3 Å². The monoisotopic (exact) mass is 480 g/mol. The third kappa shape index (κ3) is 6.20. The molecule has 1 atom stereocenters. The number of ether oxygens (including phenoxy) is 1. The smallest absolute Gasteiger partial charge is 0.522 e. The van der Waals surface area contributed by atoms with Crippen molar-refractivity contribution in [3.8, 4) is 11.5 Å². The molecule has 176 valence electrons. The number of aromatic carboxylic acids is 1. The molecule has 1 aromatic rings. The van der Waals surface area contributed by atoms with E-state index in [0.29, 0.717) is 25.8 Å². The molecule has 1 amide bonds. The van der Waals surface area contributed by atoms with Crippen LogP contribution in [0.3, 0.4) is 0 Å². The Morgan fingerprint density at radius 2 is 1.91 bits per heavy atom. The Kier molecular flexibility index (Phi) is 8.26. The summed E-state index contributed by atoms with van der Waals surface area (Å²) < 4.78 is 42.8. The van der Waals surface area contributed by atoms with Crippen LogP contribution < -0.4 is 15.1 Å². The first-order valence-corrected chi connectivity index (χ1v) is 9.84. The number of hydrogen-bond acceptors (Lipinski definition) is 8. The number of rotatable bonds is 5. The van der Waals surface area contributed by atoms with Gasteiger partial charge in [0.25, 0.3) is 0 Å². The normalized spacial score (nSPS) is 16.6. The SMILES string of the molecule is NC(CS)C(=O)N1CC(Oc2ccc3c(c2C(=O)O)OB(O)CC3)C1.O=C(O)C(F)(F)F. The Morgan fingerprint density at radius 3 is 2.41 bits per heavy atom. The standard InChI is InChI=1S/C15H19BN2O6S.C2HF3O2/c17-10(7-25)14(19)18-5-9(6-18)23-11-2-1-8-3-4-16(22)24-13(8)12(11)15(20)21;3-2(4,5)1(6)7/h1-2,9-10,22,25H,3-7,17H2,(H,20,21);(H,6,7). The van der Waals surface area contributed by atoms with Crippen LogP contribution in [0.4, 0.5) is 13.2 Å². The molecular weight excluding hydrogens is 460 g/mol. The molecule has 5 N–H and O–H groups in total. The van der Waals surface area contributed by atoms with Gasteiger partial charge >= 0.3 is 25.2 Å². The Bertz CT molecular complexity index is 882. The molecule has 10 nitrogen and oxygen atoms in total.